The van der Waals surface area contributed by atoms with Crippen molar-refractivity contribution in [2.75, 3.05) is 18.2 Å². The maximum Gasteiger partial charge on any atom is 0.212 e. The van der Waals surface area contributed by atoms with Crippen molar-refractivity contribution in [2.24, 2.45) is 0 Å². The van der Waals surface area contributed by atoms with E-state index in [2.05, 4.69) is 20.6 Å². The molecule has 0 saturated heterocycles. The Morgan fingerprint density at radius 2 is 2.05 bits per heavy atom. The number of nitrogens with zero attached hydrogens (tertiary/aromatic N) is 3. The van der Waals surface area contributed by atoms with Crippen LogP contribution in [0.25, 0.3) is 11.0 Å². The average Bonchev–Trinajstić information content (AvgIpc) is 2.98. The largest absolute Gasteiger partial charge is 0.481 e. The number of rotatable bonds is 4. The fourth-order valence-corrected chi connectivity index (χ4v) is 1.86. The molecule has 7 heteroatoms. The number of hydrogen-bond donors (Lipinski definition) is 2. The van der Waals surface area contributed by atoms with Crippen molar-refractivity contribution in [3.05, 3.63) is 36.0 Å². The summed E-state index contributed by atoms with van der Waals surface area (Å²) in [6, 6.07) is 7.36. The second kappa shape index (κ2) is 5.04. The van der Waals surface area contributed by atoms with Gasteiger partial charge in [0.15, 0.2) is 11.0 Å². The van der Waals surface area contributed by atoms with Crippen molar-refractivity contribution in [2.45, 2.75) is 6.54 Å². The van der Waals surface area contributed by atoms with Crippen LogP contribution in [0.5, 0.6) is 5.88 Å². The van der Waals surface area contributed by atoms with Crippen LogP contribution in [0.15, 0.2) is 35.1 Å². The van der Waals surface area contributed by atoms with E-state index in [-0.39, 0.29) is 0 Å². The molecule has 0 fully saturated rings. The van der Waals surface area contributed by atoms with Crippen LogP contribution in [0.2, 0.25) is 0 Å². The van der Waals surface area contributed by atoms with E-state index >= 15 is 0 Å². The van der Waals surface area contributed by atoms with E-state index < -0.39 is 0 Å². The molecule has 0 unspecified atom stereocenters. The predicted octanol–water partition coefficient (Wildman–Crippen LogP) is 1.82. The van der Waals surface area contributed by atoms with Gasteiger partial charge in [0.1, 0.15) is 0 Å². The summed E-state index contributed by atoms with van der Waals surface area (Å²) in [5, 5.41) is 10.9. The van der Waals surface area contributed by atoms with E-state index in [9.17, 15) is 0 Å². The summed E-state index contributed by atoms with van der Waals surface area (Å²) in [6.45, 7) is 0.600. The Bertz CT molecular complexity index is 723. The molecule has 3 rings (SSSR count). The van der Waals surface area contributed by atoms with Gasteiger partial charge in [-0.1, -0.05) is 6.07 Å². The molecule has 2 heterocycles. The first-order valence-electron chi connectivity index (χ1n) is 6.01. The van der Waals surface area contributed by atoms with Crippen LogP contribution >= 0.6 is 0 Å². The highest BCUT2D eigenvalue weighted by atomic mass is 16.6. The SMILES string of the molecule is COc1ccc(CNc2ccc(N)c3nonc23)cn1. The van der Waals surface area contributed by atoms with Gasteiger partial charge in [0.2, 0.25) is 5.88 Å². The Morgan fingerprint density at radius 1 is 1.20 bits per heavy atom. The van der Waals surface area contributed by atoms with Gasteiger partial charge in [0.05, 0.1) is 18.5 Å². The van der Waals surface area contributed by atoms with Gasteiger partial charge in [-0.3, -0.25) is 0 Å². The number of nitrogen functional groups attached to an aromatic ring is 1. The Hall–Kier alpha value is -2.83. The molecule has 0 radical (unpaired) electrons. The molecule has 0 spiro atoms. The molecule has 20 heavy (non-hydrogen) atoms. The third-order valence-corrected chi connectivity index (χ3v) is 2.94. The Morgan fingerprint density at radius 3 is 2.80 bits per heavy atom. The number of pyridine rings is 1. The highest BCUT2D eigenvalue weighted by molar-refractivity contribution is 5.94. The van der Waals surface area contributed by atoms with Crippen molar-refractivity contribution in [1.29, 1.82) is 0 Å². The first-order valence-corrected chi connectivity index (χ1v) is 6.01. The monoisotopic (exact) mass is 271 g/mol. The molecule has 3 aromatic rings. The van der Waals surface area contributed by atoms with Gasteiger partial charge in [-0.25, -0.2) is 9.61 Å². The maximum atomic E-state index is 5.79. The normalized spacial score (nSPS) is 10.7. The number of benzene rings is 1. The van der Waals surface area contributed by atoms with Gasteiger partial charge >= 0.3 is 0 Å². The average molecular weight is 271 g/mol. The molecule has 3 N–H and O–H groups in total. The second-order valence-corrected chi connectivity index (χ2v) is 4.23. The predicted molar refractivity (Wildman–Crippen MR) is 74.3 cm³/mol. The number of fused-ring (bicyclic) bond motifs is 1. The molecule has 7 nitrogen and oxygen atoms in total. The lowest BCUT2D eigenvalue weighted by Crippen LogP contribution is -2.01. The topological polar surface area (TPSA) is 99.1 Å². The van der Waals surface area contributed by atoms with Gasteiger partial charge < -0.3 is 15.8 Å². The van der Waals surface area contributed by atoms with Gasteiger partial charge in [0.25, 0.3) is 0 Å². The molecule has 0 aliphatic rings. The van der Waals surface area contributed by atoms with Gasteiger partial charge in [-0.05, 0) is 28.0 Å². The Balaban J connectivity index is 1.79. The molecular formula is C13H13N5O2. The number of nitrogens with one attached hydrogen (secondary N) is 1. The highest BCUT2D eigenvalue weighted by Gasteiger charge is 2.09. The van der Waals surface area contributed by atoms with Crippen molar-refractivity contribution in [3.8, 4) is 5.88 Å². The summed E-state index contributed by atoms with van der Waals surface area (Å²) in [6.07, 6.45) is 1.75. The van der Waals surface area contributed by atoms with Gasteiger partial charge in [-0.15, -0.1) is 0 Å². The zero-order valence-electron chi connectivity index (χ0n) is 10.8. The van der Waals surface area contributed by atoms with Crippen LogP contribution in [0.3, 0.4) is 0 Å². The van der Waals surface area contributed by atoms with Crippen LogP contribution < -0.4 is 15.8 Å². The highest BCUT2D eigenvalue weighted by Crippen LogP contribution is 2.25. The van der Waals surface area contributed by atoms with E-state index in [0.717, 1.165) is 11.3 Å². The quantitative estimate of drug-likeness (QED) is 0.698. The van der Waals surface area contributed by atoms with Crippen molar-refractivity contribution in [3.63, 3.8) is 0 Å². The number of methoxy groups -OCH3 is 1. The van der Waals surface area contributed by atoms with Crippen molar-refractivity contribution < 1.29 is 9.37 Å². The summed E-state index contributed by atoms with van der Waals surface area (Å²) < 4.78 is 9.74. The van der Waals surface area contributed by atoms with Crippen LogP contribution in [0.4, 0.5) is 11.4 Å². The van der Waals surface area contributed by atoms with Crippen LogP contribution in [0.1, 0.15) is 5.56 Å². The van der Waals surface area contributed by atoms with E-state index in [0.29, 0.717) is 29.1 Å². The molecule has 1 aromatic carbocycles. The minimum Gasteiger partial charge on any atom is -0.481 e. The molecule has 102 valence electrons. The smallest absolute Gasteiger partial charge is 0.212 e. The number of anilines is 2. The molecular weight excluding hydrogens is 258 g/mol. The fourth-order valence-electron chi connectivity index (χ4n) is 1.86. The zero-order chi connectivity index (χ0) is 13.9. The minimum absolute atomic E-state index is 0.540. The van der Waals surface area contributed by atoms with E-state index in [1.54, 1.807) is 19.4 Å². The zero-order valence-corrected chi connectivity index (χ0v) is 10.8. The minimum atomic E-state index is 0.540. The molecule has 2 aromatic heterocycles. The van der Waals surface area contributed by atoms with Gasteiger partial charge in [0, 0.05) is 18.8 Å². The number of aromatic nitrogens is 3. The standard InChI is InChI=1S/C13H13N5O2/c1-19-11-5-2-8(7-16-11)6-15-10-4-3-9(14)12-13(10)18-20-17-12/h2-5,7,15H,6,14H2,1H3. The van der Waals surface area contributed by atoms with E-state index in [1.807, 2.05) is 18.2 Å². The molecule has 0 bridgehead atoms. The number of ether oxygens (including phenoxy) is 1. The second-order valence-electron chi connectivity index (χ2n) is 4.23. The van der Waals surface area contributed by atoms with E-state index in [4.69, 9.17) is 15.1 Å². The third-order valence-electron chi connectivity index (χ3n) is 2.94. The van der Waals surface area contributed by atoms with Crippen molar-refractivity contribution >= 4 is 22.4 Å². The maximum absolute atomic E-state index is 5.79. The van der Waals surface area contributed by atoms with Gasteiger partial charge in [-0.2, -0.15) is 0 Å². The molecule has 0 saturated carbocycles. The number of nitrogens with two attached hydrogens (primary N) is 1. The van der Waals surface area contributed by atoms with Crippen LogP contribution in [-0.4, -0.2) is 22.4 Å². The summed E-state index contributed by atoms with van der Waals surface area (Å²) in [5.41, 5.74) is 9.34. The summed E-state index contributed by atoms with van der Waals surface area (Å²) in [5.74, 6) is 0.587. The fraction of sp³-hybridized carbons (Fsp3) is 0.154. The first kappa shape index (κ1) is 12.2. The lowest BCUT2D eigenvalue weighted by atomic mass is 10.2. The lowest BCUT2D eigenvalue weighted by molar-refractivity contribution is 0.316. The van der Waals surface area contributed by atoms with Crippen LogP contribution in [0, 0.1) is 0 Å². The molecule has 0 amide bonds. The number of hydrogen-bond acceptors (Lipinski definition) is 7. The Labute approximate surface area is 114 Å². The lowest BCUT2D eigenvalue weighted by Gasteiger charge is -2.07. The third kappa shape index (κ3) is 2.20. The van der Waals surface area contributed by atoms with Crippen molar-refractivity contribution in [1.82, 2.24) is 15.3 Å². The summed E-state index contributed by atoms with van der Waals surface area (Å²) >= 11 is 0. The van der Waals surface area contributed by atoms with Crippen LogP contribution in [-0.2, 0) is 6.54 Å². The van der Waals surface area contributed by atoms with E-state index in [1.165, 1.54) is 0 Å². The summed E-state index contributed by atoms with van der Waals surface area (Å²) in [7, 11) is 1.59. The molecule has 0 aliphatic heterocycles. The molecule has 0 atom stereocenters. The molecule has 0 aliphatic carbocycles. The first-order chi connectivity index (χ1) is 9.78. The Kier molecular flexibility index (Phi) is 3.08. The summed E-state index contributed by atoms with van der Waals surface area (Å²) in [4.78, 5) is 4.15.